The topological polar surface area (TPSA) is 65.1 Å². The lowest BCUT2D eigenvalue weighted by atomic mass is 10.0. The van der Waals surface area contributed by atoms with Crippen LogP contribution in [0.5, 0.6) is 0 Å². The summed E-state index contributed by atoms with van der Waals surface area (Å²) in [5, 5.41) is 7.37. The number of piperazine rings is 1. The van der Waals surface area contributed by atoms with Crippen molar-refractivity contribution >= 4 is 11.7 Å². The molecule has 1 N–H and O–H groups in total. The van der Waals surface area contributed by atoms with Crippen LogP contribution in [0.4, 0.5) is 14.6 Å². The number of nitrogens with zero attached hydrogens (tertiary/aromatic N) is 4. The number of anilines is 1. The second-order valence-electron chi connectivity index (χ2n) is 7.70. The number of rotatable bonds is 3. The molecule has 1 saturated heterocycles. The first-order valence-electron chi connectivity index (χ1n) is 9.42. The summed E-state index contributed by atoms with van der Waals surface area (Å²) in [5.74, 6) is -3.08. The lowest BCUT2D eigenvalue weighted by molar-refractivity contribution is -0.141. The van der Waals surface area contributed by atoms with Gasteiger partial charge in [0.15, 0.2) is 5.82 Å². The molecule has 0 spiro atoms. The van der Waals surface area contributed by atoms with E-state index < -0.39 is 17.3 Å². The molecule has 1 amide bonds. The standard InChI is InChI=1S/C19H21F2N5O/c20-19(21)15-4-1-5-18(15,19)17(27)26-9-7-25(8-10-26)16-11-14(23-24-16)13-3-2-6-22-12-13/h2-3,6,11-12,15H,1,4-5,7-10H2,(H,23,24). The average Bonchev–Trinajstić information content (AvgIpc) is 3.18. The summed E-state index contributed by atoms with van der Waals surface area (Å²) < 4.78 is 28.3. The van der Waals surface area contributed by atoms with Gasteiger partial charge >= 0.3 is 0 Å². The van der Waals surface area contributed by atoms with Crippen LogP contribution in [-0.2, 0) is 4.79 Å². The van der Waals surface area contributed by atoms with E-state index in [0.717, 1.165) is 23.5 Å². The second kappa shape index (κ2) is 5.74. The normalized spacial score (nSPS) is 28.9. The predicted molar refractivity (Wildman–Crippen MR) is 95.3 cm³/mol. The summed E-state index contributed by atoms with van der Waals surface area (Å²) in [6.45, 7) is 2.10. The molecule has 2 aromatic heterocycles. The Morgan fingerprint density at radius 2 is 2.07 bits per heavy atom. The molecule has 2 aromatic rings. The molecule has 27 heavy (non-hydrogen) atoms. The fraction of sp³-hybridized carbons (Fsp3) is 0.526. The van der Waals surface area contributed by atoms with Gasteiger partial charge in [-0.25, -0.2) is 8.78 Å². The van der Waals surface area contributed by atoms with Crippen LogP contribution in [0, 0.1) is 11.3 Å². The quantitative estimate of drug-likeness (QED) is 0.898. The molecule has 8 heteroatoms. The molecule has 142 valence electrons. The maximum atomic E-state index is 14.1. The van der Waals surface area contributed by atoms with Gasteiger partial charge in [-0.2, -0.15) is 5.10 Å². The van der Waals surface area contributed by atoms with Gasteiger partial charge in [0.25, 0.3) is 5.92 Å². The number of fused-ring (bicyclic) bond motifs is 1. The summed E-state index contributed by atoms with van der Waals surface area (Å²) in [5.41, 5.74) is 0.434. The fourth-order valence-electron chi connectivity index (χ4n) is 4.85. The summed E-state index contributed by atoms with van der Waals surface area (Å²) in [6, 6.07) is 5.77. The molecule has 5 rings (SSSR count). The number of aromatic nitrogens is 3. The first kappa shape index (κ1) is 16.6. The smallest absolute Gasteiger partial charge is 0.266 e. The van der Waals surface area contributed by atoms with E-state index in [2.05, 4.69) is 20.1 Å². The molecular formula is C19H21F2N5O. The Kier molecular flexibility index (Phi) is 3.54. The number of alkyl halides is 2. The van der Waals surface area contributed by atoms with Crippen molar-refractivity contribution in [2.45, 2.75) is 25.2 Å². The number of nitrogens with one attached hydrogen (secondary N) is 1. The van der Waals surface area contributed by atoms with E-state index in [9.17, 15) is 13.6 Å². The maximum absolute atomic E-state index is 14.1. The molecular weight excluding hydrogens is 352 g/mol. The van der Waals surface area contributed by atoms with Gasteiger partial charge in [-0.15, -0.1) is 0 Å². The second-order valence-corrected chi connectivity index (χ2v) is 7.70. The molecule has 3 aliphatic rings. The van der Waals surface area contributed by atoms with Crippen molar-refractivity contribution in [3.8, 4) is 11.3 Å². The lowest BCUT2D eigenvalue weighted by Gasteiger charge is -2.36. The van der Waals surface area contributed by atoms with Crippen molar-refractivity contribution in [2.75, 3.05) is 31.1 Å². The van der Waals surface area contributed by atoms with Gasteiger partial charge in [0.2, 0.25) is 5.91 Å². The van der Waals surface area contributed by atoms with Crippen molar-refractivity contribution in [1.29, 1.82) is 0 Å². The maximum Gasteiger partial charge on any atom is 0.266 e. The molecule has 2 saturated carbocycles. The van der Waals surface area contributed by atoms with Crippen LogP contribution in [0.1, 0.15) is 19.3 Å². The molecule has 2 atom stereocenters. The van der Waals surface area contributed by atoms with E-state index in [1.54, 1.807) is 17.3 Å². The minimum Gasteiger partial charge on any atom is -0.352 e. The molecule has 0 radical (unpaired) electrons. The van der Waals surface area contributed by atoms with E-state index >= 15 is 0 Å². The Morgan fingerprint density at radius 1 is 1.26 bits per heavy atom. The van der Waals surface area contributed by atoms with E-state index in [-0.39, 0.29) is 5.91 Å². The van der Waals surface area contributed by atoms with Crippen LogP contribution < -0.4 is 4.90 Å². The van der Waals surface area contributed by atoms with Crippen molar-refractivity contribution < 1.29 is 13.6 Å². The number of amides is 1. The monoisotopic (exact) mass is 373 g/mol. The highest BCUT2D eigenvalue weighted by Crippen LogP contribution is 2.74. The van der Waals surface area contributed by atoms with E-state index in [1.165, 1.54) is 0 Å². The number of halogens is 2. The minimum atomic E-state index is -2.81. The summed E-state index contributed by atoms with van der Waals surface area (Å²) >= 11 is 0. The minimum absolute atomic E-state index is 0.331. The van der Waals surface area contributed by atoms with E-state index in [1.807, 2.05) is 18.2 Å². The summed E-state index contributed by atoms with van der Waals surface area (Å²) in [4.78, 5) is 20.6. The third-order valence-electron chi connectivity index (χ3n) is 6.42. The zero-order chi connectivity index (χ0) is 18.6. The van der Waals surface area contributed by atoms with Gasteiger partial charge in [0, 0.05) is 56.1 Å². The fourth-order valence-corrected chi connectivity index (χ4v) is 4.85. The zero-order valence-electron chi connectivity index (χ0n) is 14.9. The van der Waals surface area contributed by atoms with Crippen LogP contribution in [0.3, 0.4) is 0 Å². The molecule has 3 heterocycles. The van der Waals surface area contributed by atoms with Crippen LogP contribution in [0.2, 0.25) is 0 Å². The number of carbonyl (C=O) groups is 1. The number of hydrogen-bond acceptors (Lipinski definition) is 4. The Balaban J connectivity index is 1.25. The highest BCUT2D eigenvalue weighted by atomic mass is 19.3. The first-order chi connectivity index (χ1) is 13.0. The zero-order valence-corrected chi connectivity index (χ0v) is 14.9. The third kappa shape index (κ3) is 2.31. The Bertz CT molecular complexity index is 862. The largest absolute Gasteiger partial charge is 0.352 e. The Hall–Kier alpha value is -2.51. The molecule has 0 bridgehead atoms. The van der Waals surface area contributed by atoms with Gasteiger partial charge < -0.3 is 9.80 Å². The van der Waals surface area contributed by atoms with Crippen molar-refractivity contribution in [3.63, 3.8) is 0 Å². The van der Waals surface area contributed by atoms with Crippen LogP contribution in [0.15, 0.2) is 30.6 Å². The summed E-state index contributed by atoms with van der Waals surface area (Å²) in [6.07, 6.45) is 5.02. The molecule has 0 aromatic carbocycles. The van der Waals surface area contributed by atoms with Gasteiger partial charge in [-0.3, -0.25) is 14.9 Å². The Morgan fingerprint density at radius 3 is 2.74 bits per heavy atom. The first-order valence-corrected chi connectivity index (χ1v) is 9.42. The molecule has 1 aliphatic heterocycles. The predicted octanol–water partition coefficient (Wildman–Crippen LogP) is 2.56. The number of carbonyl (C=O) groups excluding carboxylic acids is 1. The third-order valence-corrected chi connectivity index (χ3v) is 6.42. The van der Waals surface area contributed by atoms with Gasteiger partial charge in [-0.1, -0.05) is 6.42 Å². The number of hydrogen-bond donors (Lipinski definition) is 1. The van der Waals surface area contributed by atoms with E-state index in [0.29, 0.717) is 39.0 Å². The van der Waals surface area contributed by atoms with E-state index in [4.69, 9.17) is 0 Å². The van der Waals surface area contributed by atoms with Gasteiger partial charge in [0.05, 0.1) is 5.69 Å². The van der Waals surface area contributed by atoms with Crippen molar-refractivity contribution in [1.82, 2.24) is 20.1 Å². The van der Waals surface area contributed by atoms with Crippen LogP contribution in [0.25, 0.3) is 11.3 Å². The van der Waals surface area contributed by atoms with Crippen LogP contribution >= 0.6 is 0 Å². The van der Waals surface area contributed by atoms with Gasteiger partial charge in [-0.05, 0) is 25.0 Å². The average molecular weight is 373 g/mol. The molecule has 3 fully saturated rings. The van der Waals surface area contributed by atoms with Gasteiger partial charge in [0.1, 0.15) is 5.41 Å². The summed E-state index contributed by atoms with van der Waals surface area (Å²) in [7, 11) is 0. The SMILES string of the molecule is O=C(N1CCN(c2cc(-c3cccnc3)[nH]n2)CC1)C12CCCC1C2(F)F. The lowest BCUT2D eigenvalue weighted by Crippen LogP contribution is -2.51. The van der Waals surface area contributed by atoms with Crippen molar-refractivity contribution in [2.24, 2.45) is 11.3 Å². The molecule has 2 unspecified atom stereocenters. The Labute approximate surface area is 155 Å². The van der Waals surface area contributed by atoms with Crippen molar-refractivity contribution in [3.05, 3.63) is 30.6 Å². The number of H-pyrrole nitrogens is 1. The molecule has 6 nitrogen and oxygen atoms in total. The number of pyridine rings is 1. The molecule has 2 aliphatic carbocycles. The van der Waals surface area contributed by atoms with Crippen LogP contribution in [-0.4, -0.2) is 58.1 Å². The number of aromatic amines is 1. The highest BCUT2D eigenvalue weighted by Gasteiger charge is 2.85. The highest BCUT2D eigenvalue weighted by molar-refractivity contribution is 5.89.